The molecule has 1 aromatic rings. The lowest BCUT2D eigenvalue weighted by atomic mass is 10.2. The Bertz CT molecular complexity index is 430. The van der Waals surface area contributed by atoms with E-state index in [0.717, 1.165) is 11.3 Å². The molecule has 0 radical (unpaired) electrons. The van der Waals surface area contributed by atoms with Crippen molar-refractivity contribution in [2.24, 2.45) is 5.92 Å². The molecule has 17 heavy (non-hydrogen) atoms. The number of nitro groups is 1. The first-order valence-electron chi connectivity index (χ1n) is 4.98. The molecule has 0 spiro atoms. The van der Waals surface area contributed by atoms with E-state index in [9.17, 15) is 14.9 Å². The average molecular weight is 275 g/mol. The van der Waals surface area contributed by atoms with Gasteiger partial charge in [0.15, 0.2) is 5.78 Å². The highest BCUT2D eigenvalue weighted by Crippen LogP contribution is 2.38. The maximum atomic E-state index is 11.2. The third-order valence-electron chi connectivity index (χ3n) is 2.03. The van der Waals surface area contributed by atoms with Crippen molar-refractivity contribution in [3.63, 3.8) is 0 Å². The third-order valence-corrected chi connectivity index (χ3v) is 4.86. The highest BCUT2D eigenvalue weighted by molar-refractivity contribution is 8.01. The minimum Gasteiger partial charge on any atom is -0.396 e. The van der Waals surface area contributed by atoms with Crippen LogP contribution in [0.4, 0.5) is 5.69 Å². The maximum absolute atomic E-state index is 11.2. The Labute approximate surface area is 107 Å². The number of nitrogens with zero attached hydrogens (tertiary/aromatic N) is 1. The molecule has 0 aliphatic heterocycles. The van der Waals surface area contributed by atoms with Crippen LogP contribution in [-0.2, 0) is 0 Å². The van der Waals surface area contributed by atoms with Crippen molar-refractivity contribution in [1.82, 2.24) is 0 Å². The van der Waals surface area contributed by atoms with Gasteiger partial charge in [0, 0.05) is 18.4 Å². The molecule has 0 aliphatic carbocycles. The number of thiophene rings is 1. The Morgan fingerprint density at radius 3 is 2.82 bits per heavy atom. The summed E-state index contributed by atoms with van der Waals surface area (Å²) in [4.78, 5) is 21.9. The molecule has 0 bridgehead atoms. The van der Waals surface area contributed by atoms with E-state index >= 15 is 0 Å². The Balaban J connectivity index is 2.89. The molecule has 0 aromatic carbocycles. The largest absolute Gasteiger partial charge is 0.396 e. The van der Waals surface area contributed by atoms with Crippen LogP contribution in [0.15, 0.2) is 10.3 Å². The second kappa shape index (κ2) is 6.13. The zero-order valence-corrected chi connectivity index (χ0v) is 11.1. The van der Waals surface area contributed by atoms with Crippen molar-refractivity contribution in [3.8, 4) is 0 Å². The summed E-state index contributed by atoms with van der Waals surface area (Å²) in [6.45, 7) is 3.30. The minimum absolute atomic E-state index is 0.0182. The van der Waals surface area contributed by atoms with E-state index in [1.165, 1.54) is 24.8 Å². The fraction of sp³-hybridized carbons (Fsp3) is 0.500. The molecular weight excluding hydrogens is 262 g/mol. The van der Waals surface area contributed by atoms with E-state index in [1.54, 1.807) is 0 Å². The molecule has 94 valence electrons. The normalized spacial score (nSPS) is 12.4. The van der Waals surface area contributed by atoms with Gasteiger partial charge in [-0.3, -0.25) is 14.9 Å². The van der Waals surface area contributed by atoms with Gasteiger partial charge in [0.25, 0.3) is 5.69 Å². The molecule has 5 nitrogen and oxygen atoms in total. The Morgan fingerprint density at radius 1 is 1.71 bits per heavy atom. The smallest absolute Gasteiger partial charge is 0.294 e. The first-order chi connectivity index (χ1) is 7.95. The van der Waals surface area contributed by atoms with Crippen LogP contribution in [0.1, 0.15) is 23.5 Å². The van der Waals surface area contributed by atoms with Crippen LogP contribution < -0.4 is 0 Å². The lowest BCUT2D eigenvalue weighted by Crippen LogP contribution is -2.03. The molecule has 0 aliphatic rings. The number of carbonyl (C=O) groups is 1. The van der Waals surface area contributed by atoms with Gasteiger partial charge in [0.2, 0.25) is 0 Å². The second-order valence-electron chi connectivity index (χ2n) is 3.70. The summed E-state index contributed by atoms with van der Waals surface area (Å²) in [5.41, 5.74) is -0.0182. The van der Waals surface area contributed by atoms with Gasteiger partial charge < -0.3 is 5.11 Å². The molecule has 0 amide bonds. The fourth-order valence-corrected chi connectivity index (χ4v) is 3.32. The van der Waals surface area contributed by atoms with E-state index < -0.39 is 4.92 Å². The molecule has 0 saturated carbocycles. The lowest BCUT2D eigenvalue weighted by Gasteiger charge is -2.04. The van der Waals surface area contributed by atoms with Gasteiger partial charge in [-0.05, 0) is 12.8 Å². The zero-order chi connectivity index (χ0) is 13.0. The number of hydrogen-bond acceptors (Lipinski definition) is 6. The first-order valence-corrected chi connectivity index (χ1v) is 6.78. The van der Waals surface area contributed by atoms with Crippen molar-refractivity contribution < 1.29 is 14.8 Å². The summed E-state index contributed by atoms with van der Waals surface area (Å²) in [6, 6.07) is 1.32. The van der Waals surface area contributed by atoms with Crippen LogP contribution in [-0.4, -0.2) is 28.2 Å². The topological polar surface area (TPSA) is 80.4 Å². The summed E-state index contributed by atoms with van der Waals surface area (Å²) < 4.78 is 0.528. The molecule has 1 rings (SSSR count). The van der Waals surface area contributed by atoms with Crippen LogP contribution >= 0.6 is 23.1 Å². The predicted octanol–water partition coefficient (Wildman–Crippen LogP) is 2.58. The van der Waals surface area contributed by atoms with Gasteiger partial charge in [0.05, 0.1) is 9.80 Å². The van der Waals surface area contributed by atoms with Gasteiger partial charge in [-0.1, -0.05) is 6.92 Å². The van der Waals surface area contributed by atoms with Gasteiger partial charge in [-0.25, -0.2) is 0 Å². The predicted molar refractivity (Wildman–Crippen MR) is 68.0 cm³/mol. The number of aliphatic hydroxyl groups is 1. The molecule has 1 heterocycles. The van der Waals surface area contributed by atoms with Crippen molar-refractivity contribution in [3.05, 3.63) is 21.1 Å². The van der Waals surface area contributed by atoms with Crippen LogP contribution in [0.5, 0.6) is 0 Å². The van der Waals surface area contributed by atoms with Crippen LogP contribution in [0.25, 0.3) is 0 Å². The van der Waals surface area contributed by atoms with E-state index in [4.69, 9.17) is 5.11 Å². The molecule has 1 aromatic heterocycles. The molecule has 1 atom stereocenters. The third kappa shape index (κ3) is 3.79. The van der Waals surface area contributed by atoms with Crippen molar-refractivity contribution >= 4 is 34.6 Å². The average Bonchev–Trinajstić information content (AvgIpc) is 2.70. The highest BCUT2D eigenvalue weighted by atomic mass is 32.2. The highest BCUT2D eigenvalue weighted by Gasteiger charge is 2.21. The molecule has 0 fully saturated rings. The summed E-state index contributed by atoms with van der Waals surface area (Å²) in [5, 5.41) is 19.7. The van der Waals surface area contributed by atoms with Gasteiger partial charge in [0.1, 0.15) is 4.21 Å². The number of aliphatic hydroxyl groups excluding tert-OH is 1. The van der Waals surface area contributed by atoms with E-state index in [2.05, 4.69) is 0 Å². The quantitative estimate of drug-likeness (QED) is 0.373. The minimum atomic E-state index is -0.477. The Morgan fingerprint density at radius 2 is 2.35 bits per heavy atom. The van der Waals surface area contributed by atoms with E-state index in [-0.39, 0.29) is 24.0 Å². The SMILES string of the molecule is CC(=O)c1cc([N+](=O)[O-])c(SCC(C)CO)s1. The van der Waals surface area contributed by atoms with Crippen molar-refractivity contribution in [2.45, 2.75) is 18.1 Å². The number of hydrogen-bond donors (Lipinski definition) is 1. The number of carbonyl (C=O) groups excluding carboxylic acids is 1. The van der Waals surface area contributed by atoms with Crippen molar-refractivity contribution in [1.29, 1.82) is 0 Å². The summed E-state index contributed by atoms with van der Waals surface area (Å²) in [6.07, 6.45) is 0. The molecule has 1 unspecified atom stereocenters. The number of Topliss-reactive ketones (excluding diaryl/α,β-unsaturated/α-hetero) is 1. The number of thioether (sulfide) groups is 1. The van der Waals surface area contributed by atoms with E-state index in [1.807, 2.05) is 6.92 Å². The van der Waals surface area contributed by atoms with E-state index in [0.29, 0.717) is 14.8 Å². The van der Waals surface area contributed by atoms with Gasteiger partial charge in [-0.15, -0.1) is 23.1 Å². The standard InChI is InChI=1S/C10H13NO4S2/c1-6(4-12)5-16-10-8(11(14)15)3-9(17-10)7(2)13/h3,6,12H,4-5H2,1-2H3. The van der Waals surface area contributed by atoms with Crippen LogP contribution in [0, 0.1) is 16.0 Å². The van der Waals surface area contributed by atoms with Crippen LogP contribution in [0.3, 0.4) is 0 Å². The number of rotatable bonds is 6. The van der Waals surface area contributed by atoms with Gasteiger partial charge in [-0.2, -0.15) is 0 Å². The first kappa shape index (κ1) is 14.1. The monoisotopic (exact) mass is 275 g/mol. The molecule has 7 heteroatoms. The molecule has 1 N–H and O–H groups in total. The van der Waals surface area contributed by atoms with Crippen LogP contribution in [0.2, 0.25) is 0 Å². The maximum Gasteiger partial charge on any atom is 0.294 e. The van der Waals surface area contributed by atoms with Crippen molar-refractivity contribution in [2.75, 3.05) is 12.4 Å². The molecule has 0 saturated heterocycles. The van der Waals surface area contributed by atoms with Gasteiger partial charge >= 0.3 is 0 Å². The summed E-state index contributed by atoms with van der Waals surface area (Å²) in [7, 11) is 0. The fourth-order valence-electron chi connectivity index (χ4n) is 1.04. The zero-order valence-electron chi connectivity index (χ0n) is 9.50. The summed E-state index contributed by atoms with van der Waals surface area (Å²) in [5.74, 6) is 0.498. The second-order valence-corrected chi connectivity index (χ2v) is 6.04. The lowest BCUT2D eigenvalue weighted by molar-refractivity contribution is -0.387. The molecular formula is C10H13NO4S2. The number of ketones is 1. The Hall–Kier alpha value is -0.920. The Kier molecular flexibility index (Phi) is 5.10. The summed E-state index contributed by atoms with van der Waals surface area (Å²) >= 11 is 2.45.